The summed E-state index contributed by atoms with van der Waals surface area (Å²) in [5.41, 5.74) is 1.77. The number of carbonyl (C=O) groups excluding carboxylic acids is 1. The maximum Gasteiger partial charge on any atom is 0.264 e. The van der Waals surface area contributed by atoms with Crippen molar-refractivity contribution in [3.8, 4) is 5.75 Å². The molecule has 0 unspecified atom stereocenters. The third-order valence-corrected chi connectivity index (χ3v) is 4.20. The molecule has 1 heterocycles. The quantitative estimate of drug-likeness (QED) is 0.824. The Bertz CT molecular complexity index is 768. The highest BCUT2D eigenvalue weighted by atomic mass is 32.2. The first-order valence-electron chi connectivity index (χ1n) is 7.82. The van der Waals surface area contributed by atoms with Crippen molar-refractivity contribution in [1.82, 2.24) is 5.32 Å². The van der Waals surface area contributed by atoms with Gasteiger partial charge in [0.2, 0.25) is 0 Å². The largest absolute Gasteiger partial charge is 0.494 e. The molecule has 1 aliphatic heterocycles. The van der Waals surface area contributed by atoms with Gasteiger partial charge in [0, 0.05) is 0 Å². The highest BCUT2D eigenvalue weighted by Crippen LogP contribution is 2.28. The van der Waals surface area contributed by atoms with Crippen molar-refractivity contribution in [2.45, 2.75) is 13.3 Å². The molecule has 3 rings (SSSR count). The van der Waals surface area contributed by atoms with E-state index in [1.54, 1.807) is 0 Å². The van der Waals surface area contributed by atoms with E-state index in [-0.39, 0.29) is 5.91 Å². The molecule has 1 amide bonds. The van der Waals surface area contributed by atoms with E-state index in [2.05, 4.69) is 17.2 Å². The number of nitrogens with zero attached hydrogens (tertiary/aromatic N) is 1. The summed E-state index contributed by atoms with van der Waals surface area (Å²) in [7, 11) is 0. The van der Waals surface area contributed by atoms with Gasteiger partial charge >= 0.3 is 0 Å². The number of nitrogens with one attached hydrogen (secondary N) is 1. The minimum atomic E-state index is -0.124. The molecule has 0 atom stereocenters. The lowest BCUT2D eigenvalue weighted by atomic mass is 10.2. The Hall–Kier alpha value is -2.53. The Morgan fingerprint density at radius 1 is 1.12 bits per heavy atom. The molecule has 0 bridgehead atoms. The second-order valence-corrected chi connectivity index (χ2v) is 6.27. The fraction of sp³-hybridized carbons (Fsp3) is 0.158. The summed E-state index contributed by atoms with van der Waals surface area (Å²) in [4.78, 5) is 17.1. The molecular formula is C19H18N2O2S. The molecule has 1 fully saturated rings. The molecule has 0 radical (unpaired) electrons. The second-order valence-electron chi connectivity index (χ2n) is 5.23. The summed E-state index contributed by atoms with van der Waals surface area (Å²) >= 11 is 1.35. The van der Waals surface area contributed by atoms with Crippen LogP contribution in [0.2, 0.25) is 0 Å². The minimum Gasteiger partial charge on any atom is -0.494 e. The van der Waals surface area contributed by atoms with Crippen molar-refractivity contribution in [1.29, 1.82) is 0 Å². The topological polar surface area (TPSA) is 50.7 Å². The first kappa shape index (κ1) is 16.3. The molecule has 4 nitrogen and oxygen atoms in total. The Kier molecular flexibility index (Phi) is 5.33. The Labute approximate surface area is 145 Å². The number of hydrogen-bond acceptors (Lipinski definition) is 4. The third-order valence-electron chi connectivity index (χ3n) is 3.29. The van der Waals surface area contributed by atoms with Crippen LogP contribution < -0.4 is 10.1 Å². The van der Waals surface area contributed by atoms with E-state index in [0.29, 0.717) is 16.7 Å². The number of amidine groups is 1. The predicted octanol–water partition coefficient (Wildman–Crippen LogP) is 4.37. The molecule has 2 aromatic rings. The highest BCUT2D eigenvalue weighted by Gasteiger charge is 2.23. The zero-order chi connectivity index (χ0) is 16.8. The molecule has 24 heavy (non-hydrogen) atoms. The third kappa shape index (κ3) is 4.26. The number of amides is 1. The maximum absolute atomic E-state index is 12.1. The molecule has 2 aromatic carbocycles. The molecule has 1 aliphatic rings. The first-order chi connectivity index (χ1) is 11.7. The SMILES string of the molecule is CCCOc1ccc(/C=C2\SC(=Nc3ccccc3)NC2=O)cc1. The highest BCUT2D eigenvalue weighted by molar-refractivity contribution is 8.18. The second kappa shape index (κ2) is 7.84. The molecule has 122 valence electrons. The summed E-state index contributed by atoms with van der Waals surface area (Å²) in [6, 6.07) is 17.3. The Morgan fingerprint density at radius 2 is 1.88 bits per heavy atom. The summed E-state index contributed by atoms with van der Waals surface area (Å²) in [5.74, 6) is 0.717. The van der Waals surface area contributed by atoms with Crippen LogP contribution in [0.4, 0.5) is 5.69 Å². The summed E-state index contributed by atoms with van der Waals surface area (Å²) in [6.07, 6.45) is 2.84. The van der Waals surface area contributed by atoms with E-state index in [9.17, 15) is 4.79 Å². The number of carbonyl (C=O) groups is 1. The van der Waals surface area contributed by atoms with Crippen LogP contribution in [0, 0.1) is 0 Å². The lowest BCUT2D eigenvalue weighted by Crippen LogP contribution is -2.19. The Morgan fingerprint density at radius 3 is 2.58 bits per heavy atom. The number of benzene rings is 2. The van der Waals surface area contributed by atoms with Crippen molar-refractivity contribution in [3.05, 3.63) is 65.1 Å². The van der Waals surface area contributed by atoms with Gasteiger partial charge in [0.1, 0.15) is 5.75 Å². The van der Waals surface area contributed by atoms with Gasteiger partial charge in [-0.05, 0) is 54.1 Å². The fourth-order valence-corrected chi connectivity index (χ4v) is 2.97. The monoisotopic (exact) mass is 338 g/mol. The summed E-state index contributed by atoms with van der Waals surface area (Å²) in [6.45, 7) is 2.78. The van der Waals surface area contributed by atoms with E-state index in [1.165, 1.54) is 11.8 Å². The minimum absolute atomic E-state index is 0.124. The Balaban J connectivity index is 1.71. The van der Waals surface area contributed by atoms with Gasteiger partial charge in [-0.15, -0.1) is 0 Å². The van der Waals surface area contributed by atoms with Crippen LogP contribution in [-0.4, -0.2) is 17.7 Å². The van der Waals surface area contributed by atoms with Crippen LogP contribution in [-0.2, 0) is 4.79 Å². The molecule has 0 saturated carbocycles. The van der Waals surface area contributed by atoms with Crippen LogP contribution >= 0.6 is 11.8 Å². The summed E-state index contributed by atoms with van der Waals surface area (Å²) < 4.78 is 5.56. The van der Waals surface area contributed by atoms with Crippen molar-refractivity contribution >= 4 is 34.6 Å². The number of aliphatic imine (C=N–C) groups is 1. The van der Waals surface area contributed by atoms with Gasteiger partial charge in [-0.3, -0.25) is 4.79 Å². The predicted molar refractivity (Wildman–Crippen MR) is 99.5 cm³/mol. The zero-order valence-corrected chi connectivity index (χ0v) is 14.2. The van der Waals surface area contributed by atoms with Crippen molar-refractivity contribution < 1.29 is 9.53 Å². The fourth-order valence-electron chi connectivity index (χ4n) is 2.13. The van der Waals surface area contributed by atoms with Crippen molar-refractivity contribution in [2.24, 2.45) is 4.99 Å². The van der Waals surface area contributed by atoms with E-state index in [0.717, 1.165) is 23.4 Å². The van der Waals surface area contributed by atoms with E-state index < -0.39 is 0 Å². The van der Waals surface area contributed by atoms with Crippen LogP contribution in [0.15, 0.2) is 64.5 Å². The smallest absolute Gasteiger partial charge is 0.264 e. The van der Waals surface area contributed by atoms with Gasteiger partial charge in [0.05, 0.1) is 17.2 Å². The number of hydrogen-bond donors (Lipinski definition) is 1. The van der Waals surface area contributed by atoms with Crippen LogP contribution in [0.5, 0.6) is 5.75 Å². The van der Waals surface area contributed by atoms with Gasteiger partial charge in [-0.25, -0.2) is 4.99 Å². The van der Waals surface area contributed by atoms with Gasteiger partial charge < -0.3 is 10.1 Å². The zero-order valence-electron chi connectivity index (χ0n) is 13.4. The van der Waals surface area contributed by atoms with Gasteiger partial charge in [-0.1, -0.05) is 37.3 Å². The van der Waals surface area contributed by atoms with Crippen molar-refractivity contribution in [3.63, 3.8) is 0 Å². The number of para-hydroxylation sites is 1. The average molecular weight is 338 g/mol. The van der Waals surface area contributed by atoms with Gasteiger partial charge in [0.15, 0.2) is 5.17 Å². The van der Waals surface area contributed by atoms with Crippen LogP contribution in [0.1, 0.15) is 18.9 Å². The standard InChI is InChI=1S/C19H18N2O2S/c1-2-12-23-16-10-8-14(9-11-16)13-17-18(22)21-19(24-17)20-15-6-4-3-5-7-15/h3-11,13H,2,12H2,1H3,(H,20,21,22)/b17-13-. The molecule has 0 aromatic heterocycles. The maximum atomic E-state index is 12.1. The average Bonchev–Trinajstić information content (AvgIpc) is 2.94. The van der Waals surface area contributed by atoms with E-state index in [1.807, 2.05) is 60.7 Å². The molecule has 1 N–H and O–H groups in total. The number of ether oxygens (including phenoxy) is 1. The van der Waals surface area contributed by atoms with Gasteiger partial charge in [0.25, 0.3) is 5.91 Å². The first-order valence-corrected chi connectivity index (χ1v) is 8.64. The van der Waals surface area contributed by atoms with Crippen LogP contribution in [0.25, 0.3) is 6.08 Å². The van der Waals surface area contributed by atoms with E-state index >= 15 is 0 Å². The van der Waals surface area contributed by atoms with E-state index in [4.69, 9.17) is 4.74 Å². The molecular weight excluding hydrogens is 320 g/mol. The molecule has 0 spiro atoms. The lowest BCUT2D eigenvalue weighted by Gasteiger charge is -2.04. The molecule has 1 saturated heterocycles. The number of thioether (sulfide) groups is 1. The molecule has 0 aliphatic carbocycles. The number of rotatable bonds is 5. The summed E-state index contributed by atoms with van der Waals surface area (Å²) in [5, 5.41) is 3.39. The lowest BCUT2D eigenvalue weighted by molar-refractivity contribution is -0.115. The van der Waals surface area contributed by atoms with Gasteiger partial charge in [-0.2, -0.15) is 0 Å². The molecule has 5 heteroatoms. The van der Waals surface area contributed by atoms with Crippen molar-refractivity contribution in [2.75, 3.05) is 6.61 Å². The van der Waals surface area contributed by atoms with Crippen LogP contribution in [0.3, 0.4) is 0 Å². The normalized spacial score (nSPS) is 17.3.